The first kappa shape index (κ1) is 21.6. The largest absolute Gasteiger partial charge is 0.493 e. The summed E-state index contributed by atoms with van der Waals surface area (Å²) < 4.78 is 6.19. The van der Waals surface area contributed by atoms with Crippen molar-refractivity contribution in [2.45, 2.75) is 68.7 Å². The fraction of sp³-hybridized carbons (Fsp3) is 0.423. The van der Waals surface area contributed by atoms with Crippen LogP contribution in [0.1, 0.15) is 55.1 Å². The molecule has 1 heterocycles. The second-order valence-corrected chi connectivity index (χ2v) is 9.48. The lowest BCUT2D eigenvalue weighted by Gasteiger charge is -2.17. The van der Waals surface area contributed by atoms with Crippen LogP contribution in [-0.4, -0.2) is 11.6 Å². The van der Waals surface area contributed by atoms with Crippen molar-refractivity contribution in [3.05, 3.63) is 67.2 Å². The Bertz CT molecular complexity index is 1050. The summed E-state index contributed by atoms with van der Waals surface area (Å²) >= 11 is 1.81. The fourth-order valence-corrected chi connectivity index (χ4v) is 5.10. The lowest BCUT2D eigenvalue weighted by atomic mass is 9.90. The minimum absolute atomic E-state index is 0.652. The first-order chi connectivity index (χ1) is 13.6. The molecule has 2 nitrogen and oxygen atoms in total. The predicted octanol–water partition coefficient (Wildman–Crippen LogP) is 7.21. The Morgan fingerprint density at radius 2 is 1.28 bits per heavy atom. The van der Waals surface area contributed by atoms with E-state index in [1.165, 1.54) is 54.9 Å². The molecule has 0 N–H and O–H groups in total. The molecule has 0 fully saturated rings. The van der Waals surface area contributed by atoms with Gasteiger partial charge in [-0.2, -0.15) is 0 Å². The summed E-state index contributed by atoms with van der Waals surface area (Å²) in [4.78, 5) is 6.33. The fourth-order valence-electron chi connectivity index (χ4n) is 3.99. The predicted molar refractivity (Wildman–Crippen MR) is 126 cm³/mol. The van der Waals surface area contributed by atoms with Crippen LogP contribution >= 0.6 is 11.3 Å². The van der Waals surface area contributed by atoms with Crippen molar-refractivity contribution < 1.29 is 4.74 Å². The number of benzene rings is 2. The maximum Gasteiger partial charge on any atom is 0.125 e. The SMILES string of the molecule is Cc1ccc(C)c(OCCc2nc(-c3c(C)c(C)c(C)c(C)c3C)sc2C)c1C. The highest BCUT2D eigenvalue weighted by Crippen LogP contribution is 2.37. The molecular formula is C26H33NOS. The van der Waals surface area contributed by atoms with E-state index in [4.69, 9.17) is 9.72 Å². The van der Waals surface area contributed by atoms with Crippen LogP contribution in [0, 0.1) is 62.3 Å². The zero-order valence-corrected chi connectivity index (χ0v) is 20.1. The van der Waals surface area contributed by atoms with Crippen LogP contribution in [-0.2, 0) is 6.42 Å². The number of aromatic nitrogens is 1. The Balaban J connectivity index is 1.85. The molecule has 29 heavy (non-hydrogen) atoms. The summed E-state index contributed by atoms with van der Waals surface area (Å²) in [5.74, 6) is 1.02. The summed E-state index contributed by atoms with van der Waals surface area (Å²) in [5.41, 5.74) is 13.0. The van der Waals surface area contributed by atoms with E-state index in [1.54, 1.807) is 0 Å². The van der Waals surface area contributed by atoms with E-state index in [0.717, 1.165) is 22.9 Å². The quantitative estimate of drug-likeness (QED) is 0.446. The van der Waals surface area contributed by atoms with Crippen molar-refractivity contribution in [3.63, 3.8) is 0 Å². The van der Waals surface area contributed by atoms with Gasteiger partial charge in [-0.3, -0.25) is 0 Å². The second kappa shape index (κ2) is 8.31. The third-order valence-corrected chi connectivity index (χ3v) is 7.60. The molecule has 0 unspecified atom stereocenters. The molecule has 0 atom stereocenters. The number of aryl methyl sites for hydroxylation is 3. The van der Waals surface area contributed by atoms with Gasteiger partial charge in [0.2, 0.25) is 0 Å². The van der Waals surface area contributed by atoms with Gasteiger partial charge in [-0.1, -0.05) is 12.1 Å². The first-order valence-corrected chi connectivity index (χ1v) is 11.2. The van der Waals surface area contributed by atoms with Gasteiger partial charge in [-0.05, 0) is 107 Å². The molecule has 2 aromatic carbocycles. The van der Waals surface area contributed by atoms with Gasteiger partial charge in [0, 0.05) is 16.9 Å². The van der Waals surface area contributed by atoms with E-state index >= 15 is 0 Å². The van der Waals surface area contributed by atoms with Crippen LogP contribution in [0.4, 0.5) is 0 Å². The van der Waals surface area contributed by atoms with Crippen LogP contribution in [0.5, 0.6) is 5.75 Å². The normalized spacial score (nSPS) is 11.2. The van der Waals surface area contributed by atoms with Gasteiger partial charge in [0.15, 0.2) is 0 Å². The Morgan fingerprint density at radius 3 is 1.90 bits per heavy atom. The van der Waals surface area contributed by atoms with Gasteiger partial charge in [-0.15, -0.1) is 11.3 Å². The van der Waals surface area contributed by atoms with Crippen LogP contribution in [0.15, 0.2) is 12.1 Å². The summed E-state index contributed by atoms with van der Waals surface area (Å²) in [7, 11) is 0. The smallest absolute Gasteiger partial charge is 0.125 e. The molecule has 0 saturated carbocycles. The number of rotatable bonds is 5. The Hall–Kier alpha value is -2.13. The summed E-state index contributed by atoms with van der Waals surface area (Å²) in [6, 6.07) is 4.29. The average molecular weight is 408 g/mol. The molecule has 0 saturated heterocycles. The molecule has 3 rings (SSSR count). The van der Waals surface area contributed by atoms with E-state index in [9.17, 15) is 0 Å². The maximum atomic E-state index is 6.19. The Morgan fingerprint density at radius 1 is 0.724 bits per heavy atom. The van der Waals surface area contributed by atoms with E-state index in [-0.39, 0.29) is 0 Å². The monoisotopic (exact) mass is 407 g/mol. The highest BCUT2D eigenvalue weighted by atomic mass is 32.1. The number of hydrogen-bond donors (Lipinski definition) is 0. The van der Waals surface area contributed by atoms with Gasteiger partial charge in [-0.25, -0.2) is 4.98 Å². The molecule has 1 aromatic heterocycles. The molecule has 0 aliphatic carbocycles. The van der Waals surface area contributed by atoms with Crippen molar-refractivity contribution in [1.82, 2.24) is 4.98 Å². The second-order valence-electron chi connectivity index (χ2n) is 8.27. The summed E-state index contributed by atoms with van der Waals surface area (Å²) in [6.07, 6.45) is 0.830. The first-order valence-electron chi connectivity index (χ1n) is 10.4. The van der Waals surface area contributed by atoms with Crippen LogP contribution in [0.3, 0.4) is 0 Å². The van der Waals surface area contributed by atoms with Gasteiger partial charge in [0.1, 0.15) is 10.8 Å². The number of nitrogens with zero attached hydrogens (tertiary/aromatic N) is 1. The highest BCUT2D eigenvalue weighted by molar-refractivity contribution is 7.15. The Labute approximate surface area is 180 Å². The molecule has 0 radical (unpaired) electrons. The van der Waals surface area contributed by atoms with Crippen molar-refractivity contribution in [2.24, 2.45) is 0 Å². The molecule has 3 heteroatoms. The van der Waals surface area contributed by atoms with Crippen molar-refractivity contribution in [2.75, 3.05) is 6.61 Å². The lowest BCUT2D eigenvalue weighted by Crippen LogP contribution is -2.05. The molecule has 0 bridgehead atoms. The van der Waals surface area contributed by atoms with Crippen molar-refractivity contribution >= 4 is 11.3 Å². The average Bonchev–Trinajstić information content (AvgIpc) is 3.04. The van der Waals surface area contributed by atoms with E-state index in [1.807, 2.05) is 11.3 Å². The third-order valence-electron chi connectivity index (χ3n) is 6.57. The number of thiazole rings is 1. The van der Waals surface area contributed by atoms with Gasteiger partial charge < -0.3 is 4.74 Å². The minimum Gasteiger partial charge on any atom is -0.493 e. The lowest BCUT2D eigenvalue weighted by molar-refractivity contribution is 0.316. The standard InChI is InChI=1S/C26H33NOS/c1-14-10-11-15(2)25(16(14)3)28-13-12-23-22(9)29-26(27-23)24-20(7)18(5)17(4)19(6)21(24)8/h10-11H,12-13H2,1-9H3. The molecular weight excluding hydrogens is 374 g/mol. The molecule has 0 aliphatic heterocycles. The zero-order chi connectivity index (χ0) is 21.5. The molecule has 3 aromatic rings. The van der Waals surface area contributed by atoms with Crippen LogP contribution < -0.4 is 4.74 Å². The van der Waals surface area contributed by atoms with Gasteiger partial charge in [0.05, 0.1) is 12.3 Å². The zero-order valence-electron chi connectivity index (χ0n) is 19.3. The molecule has 0 spiro atoms. The van der Waals surface area contributed by atoms with Gasteiger partial charge >= 0.3 is 0 Å². The molecule has 0 amide bonds. The summed E-state index contributed by atoms with van der Waals surface area (Å²) in [6.45, 7) is 20.3. The Kier molecular flexibility index (Phi) is 6.19. The molecule has 154 valence electrons. The van der Waals surface area contributed by atoms with E-state index in [2.05, 4.69) is 74.4 Å². The molecule has 0 aliphatic rings. The van der Waals surface area contributed by atoms with E-state index in [0.29, 0.717) is 6.61 Å². The highest BCUT2D eigenvalue weighted by Gasteiger charge is 2.18. The van der Waals surface area contributed by atoms with Crippen molar-refractivity contribution in [1.29, 1.82) is 0 Å². The van der Waals surface area contributed by atoms with Crippen molar-refractivity contribution in [3.8, 4) is 16.3 Å². The number of ether oxygens (including phenoxy) is 1. The summed E-state index contributed by atoms with van der Waals surface area (Å²) in [5, 5.41) is 1.14. The maximum absolute atomic E-state index is 6.19. The topological polar surface area (TPSA) is 22.1 Å². The number of hydrogen-bond acceptors (Lipinski definition) is 3. The van der Waals surface area contributed by atoms with E-state index < -0.39 is 0 Å². The minimum atomic E-state index is 0.652. The van der Waals surface area contributed by atoms with Gasteiger partial charge in [0.25, 0.3) is 0 Å². The van der Waals surface area contributed by atoms with Crippen LogP contribution in [0.25, 0.3) is 10.6 Å². The van der Waals surface area contributed by atoms with Crippen LogP contribution in [0.2, 0.25) is 0 Å². The third kappa shape index (κ3) is 3.98.